The second-order valence-electron chi connectivity index (χ2n) is 9.23. The molecule has 1 saturated heterocycles. The number of fused-ring (bicyclic) bond motifs is 7. The van der Waals surface area contributed by atoms with Crippen LogP contribution in [0.15, 0.2) is 48.7 Å². The largest absolute Gasteiger partial charge is 0.492 e. The van der Waals surface area contributed by atoms with Crippen molar-refractivity contribution in [3.63, 3.8) is 0 Å². The molecule has 6 bridgehead atoms. The number of hydrogen-bond donors (Lipinski definition) is 1. The van der Waals surface area contributed by atoms with Crippen molar-refractivity contribution in [2.75, 3.05) is 44.8 Å². The Morgan fingerprint density at radius 2 is 1.72 bits per heavy atom. The van der Waals surface area contributed by atoms with Crippen LogP contribution in [0, 0.1) is 5.82 Å². The first kappa shape index (κ1) is 24.6. The third-order valence-electron chi connectivity index (χ3n) is 6.52. The summed E-state index contributed by atoms with van der Waals surface area (Å²) in [5, 5.41) is 3.29. The molecule has 36 heavy (non-hydrogen) atoms. The molecule has 0 amide bonds. The van der Waals surface area contributed by atoms with Gasteiger partial charge in [0.1, 0.15) is 18.2 Å². The molecule has 2 aliphatic heterocycles. The summed E-state index contributed by atoms with van der Waals surface area (Å²) in [5.41, 5.74) is 3.88. The second-order valence-corrected chi connectivity index (χ2v) is 9.23. The van der Waals surface area contributed by atoms with E-state index in [2.05, 4.69) is 20.2 Å². The maximum absolute atomic E-state index is 14.3. The molecule has 1 fully saturated rings. The number of rotatable bonds is 4. The molecule has 1 N–H and O–H groups in total. The van der Waals surface area contributed by atoms with Gasteiger partial charge in [-0.15, -0.1) is 0 Å². The Labute approximate surface area is 211 Å². The molecule has 0 aliphatic carbocycles. The van der Waals surface area contributed by atoms with E-state index >= 15 is 0 Å². The lowest BCUT2D eigenvalue weighted by Gasteiger charge is -2.18. The Morgan fingerprint density at radius 3 is 2.56 bits per heavy atom. The zero-order valence-electron chi connectivity index (χ0n) is 20.5. The number of likely N-dealkylation sites (tertiary alicyclic amines) is 1. The van der Waals surface area contributed by atoms with Crippen molar-refractivity contribution in [1.82, 2.24) is 14.9 Å². The minimum Gasteiger partial charge on any atom is -0.492 e. The van der Waals surface area contributed by atoms with Crippen molar-refractivity contribution in [1.29, 1.82) is 0 Å². The summed E-state index contributed by atoms with van der Waals surface area (Å²) in [4.78, 5) is 11.5. The number of anilines is 2. The monoisotopic (exact) mass is 492 g/mol. The molecule has 8 heteroatoms. The smallest absolute Gasteiger partial charge is 0.227 e. The molecule has 1 aromatic heterocycles. The molecule has 2 aromatic carbocycles. The van der Waals surface area contributed by atoms with Crippen LogP contribution in [0.2, 0.25) is 0 Å². The molecule has 3 heterocycles. The predicted octanol–water partition coefficient (Wildman–Crippen LogP) is 5.33. The molecule has 5 rings (SSSR count). The van der Waals surface area contributed by atoms with Crippen LogP contribution in [0.5, 0.6) is 5.75 Å². The van der Waals surface area contributed by atoms with Gasteiger partial charge < -0.3 is 19.5 Å². The summed E-state index contributed by atoms with van der Waals surface area (Å²) in [6.07, 6.45) is 5.95. The summed E-state index contributed by atoms with van der Waals surface area (Å²) >= 11 is 0. The highest BCUT2D eigenvalue weighted by Crippen LogP contribution is 2.27. The average Bonchev–Trinajstić information content (AvgIpc) is 3.41. The van der Waals surface area contributed by atoms with Gasteiger partial charge in [-0.2, -0.15) is 0 Å². The fourth-order valence-electron chi connectivity index (χ4n) is 4.53. The predicted molar refractivity (Wildman–Crippen MR) is 137 cm³/mol. The zero-order chi connectivity index (χ0) is 24.6. The van der Waals surface area contributed by atoms with Crippen LogP contribution in [0.3, 0.4) is 0 Å². The molecular weight excluding hydrogens is 459 g/mol. The average molecular weight is 493 g/mol. The quantitative estimate of drug-likeness (QED) is 0.528. The maximum atomic E-state index is 14.3. The Hall–Kier alpha value is -3.07. The van der Waals surface area contributed by atoms with E-state index in [9.17, 15) is 4.39 Å². The lowest BCUT2D eigenvalue weighted by molar-refractivity contribution is 0.0877. The van der Waals surface area contributed by atoms with Gasteiger partial charge in [0.25, 0.3) is 0 Å². The maximum Gasteiger partial charge on any atom is 0.227 e. The van der Waals surface area contributed by atoms with Crippen molar-refractivity contribution >= 4 is 11.6 Å². The van der Waals surface area contributed by atoms with E-state index in [1.807, 2.05) is 24.3 Å². The van der Waals surface area contributed by atoms with Crippen LogP contribution < -0.4 is 10.1 Å². The molecular formula is C28H33FN4O3. The fraction of sp³-hybridized carbons (Fsp3) is 0.429. The highest BCUT2D eigenvalue weighted by molar-refractivity contribution is 5.63. The SMILES string of the molecule is Fc1ccc2cc1COCCCCOCc1cc(ccc1OCCN1CCCC1)Nc1nccc-2n1. The number of nitrogens with zero attached hydrogens (tertiary/aromatic N) is 3. The number of nitrogens with one attached hydrogen (secondary N) is 1. The van der Waals surface area contributed by atoms with Crippen LogP contribution >= 0.6 is 0 Å². The molecule has 190 valence electrons. The molecule has 2 aliphatic rings. The van der Waals surface area contributed by atoms with Crippen molar-refractivity contribution in [2.45, 2.75) is 38.9 Å². The third kappa shape index (κ3) is 6.57. The van der Waals surface area contributed by atoms with Crippen molar-refractivity contribution < 1.29 is 18.6 Å². The first-order valence-corrected chi connectivity index (χ1v) is 12.8. The van der Waals surface area contributed by atoms with Gasteiger partial charge in [0.2, 0.25) is 5.95 Å². The number of halogens is 1. The Balaban J connectivity index is 1.36. The molecule has 0 radical (unpaired) electrons. The summed E-state index contributed by atoms with van der Waals surface area (Å²) < 4.78 is 32.2. The minimum atomic E-state index is -0.279. The Bertz CT molecular complexity index is 1150. The van der Waals surface area contributed by atoms with Gasteiger partial charge in [0, 0.05) is 48.3 Å². The number of ether oxygens (including phenoxy) is 3. The van der Waals surface area contributed by atoms with Crippen molar-refractivity contribution in [3.8, 4) is 17.0 Å². The normalized spacial score (nSPS) is 17.1. The van der Waals surface area contributed by atoms with E-state index in [1.165, 1.54) is 18.9 Å². The van der Waals surface area contributed by atoms with Crippen LogP contribution in [-0.2, 0) is 22.7 Å². The topological polar surface area (TPSA) is 68.7 Å². The van der Waals surface area contributed by atoms with Gasteiger partial charge in [-0.3, -0.25) is 4.90 Å². The van der Waals surface area contributed by atoms with E-state index in [0.29, 0.717) is 43.6 Å². The number of aromatic nitrogens is 2. The van der Waals surface area contributed by atoms with Crippen molar-refractivity contribution in [2.24, 2.45) is 0 Å². The van der Waals surface area contributed by atoms with Crippen molar-refractivity contribution in [3.05, 3.63) is 65.6 Å². The molecule has 0 saturated carbocycles. The number of benzene rings is 2. The molecule has 3 aromatic rings. The van der Waals surface area contributed by atoms with Crippen LogP contribution in [-0.4, -0.2) is 54.3 Å². The van der Waals surface area contributed by atoms with Crippen LogP contribution in [0.1, 0.15) is 36.8 Å². The molecule has 0 spiro atoms. The third-order valence-corrected chi connectivity index (χ3v) is 6.52. The summed E-state index contributed by atoms with van der Waals surface area (Å²) in [6, 6.07) is 12.8. The summed E-state index contributed by atoms with van der Waals surface area (Å²) in [6.45, 7) is 5.74. The Morgan fingerprint density at radius 1 is 0.917 bits per heavy atom. The van der Waals surface area contributed by atoms with E-state index in [0.717, 1.165) is 55.0 Å². The number of hydrogen-bond acceptors (Lipinski definition) is 7. The second kappa shape index (κ2) is 12.3. The lowest BCUT2D eigenvalue weighted by atomic mass is 10.1. The molecule has 0 unspecified atom stereocenters. The lowest BCUT2D eigenvalue weighted by Crippen LogP contribution is -2.25. The first-order chi connectivity index (χ1) is 17.7. The van der Waals surface area contributed by atoms with Gasteiger partial charge >= 0.3 is 0 Å². The van der Waals surface area contributed by atoms with Gasteiger partial charge in [-0.1, -0.05) is 0 Å². The van der Waals surface area contributed by atoms with E-state index in [-0.39, 0.29) is 12.4 Å². The Kier molecular flexibility index (Phi) is 8.38. The zero-order valence-corrected chi connectivity index (χ0v) is 20.5. The highest BCUT2D eigenvalue weighted by Gasteiger charge is 2.13. The summed E-state index contributed by atoms with van der Waals surface area (Å²) in [7, 11) is 0. The van der Waals surface area contributed by atoms with E-state index in [1.54, 1.807) is 18.3 Å². The highest BCUT2D eigenvalue weighted by atomic mass is 19.1. The van der Waals surface area contributed by atoms with E-state index < -0.39 is 0 Å². The van der Waals surface area contributed by atoms with Gasteiger partial charge in [0.15, 0.2) is 0 Å². The molecule has 7 nitrogen and oxygen atoms in total. The minimum absolute atomic E-state index is 0.222. The summed E-state index contributed by atoms with van der Waals surface area (Å²) in [5.74, 6) is 1.02. The fourth-order valence-corrected chi connectivity index (χ4v) is 4.53. The standard InChI is InChI=1S/C28H33FN4O3/c29-25-7-5-21-17-22(25)19-34-14-3-4-15-35-20-23-18-24(31-28-30-10-9-26(21)32-28)6-8-27(23)36-16-13-33-11-1-2-12-33/h5-10,17-18H,1-4,11-16,19-20H2,(H,30,31,32). The van der Waals surface area contributed by atoms with E-state index in [4.69, 9.17) is 14.2 Å². The first-order valence-electron chi connectivity index (χ1n) is 12.8. The van der Waals surface area contributed by atoms with Gasteiger partial charge in [0.05, 0.1) is 18.9 Å². The van der Waals surface area contributed by atoms with Gasteiger partial charge in [-0.05, 0) is 81.2 Å². The van der Waals surface area contributed by atoms with Crippen LogP contribution in [0.4, 0.5) is 16.0 Å². The molecule has 0 atom stereocenters. The van der Waals surface area contributed by atoms with Crippen LogP contribution in [0.25, 0.3) is 11.3 Å². The van der Waals surface area contributed by atoms with Gasteiger partial charge in [-0.25, -0.2) is 14.4 Å².